The maximum atomic E-state index is 13.6. The molecule has 0 spiro atoms. The number of ether oxygens (including phenoxy) is 1. The maximum absolute atomic E-state index is 13.6. The molecule has 3 fully saturated rings. The second-order valence-electron chi connectivity index (χ2n) is 6.22. The van der Waals surface area contributed by atoms with Crippen LogP contribution in [0.3, 0.4) is 0 Å². The molecular weight excluding hydrogens is 291 g/mol. The van der Waals surface area contributed by atoms with Gasteiger partial charge in [0.15, 0.2) is 0 Å². The monoisotopic (exact) mass is 310 g/mol. The molecule has 6 heteroatoms. The van der Waals surface area contributed by atoms with E-state index >= 15 is 0 Å². The van der Waals surface area contributed by atoms with Crippen molar-refractivity contribution in [2.24, 2.45) is 5.92 Å². The molecule has 4 nitrogen and oxygen atoms in total. The van der Waals surface area contributed by atoms with Crippen LogP contribution < -0.4 is 0 Å². The second kappa shape index (κ2) is 5.34. The summed E-state index contributed by atoms with van der Waals surface area (Å²) in [7, 11) is 0. The highest BCUT2D eigenvalue weighted by molar-refractivity contribution is 7.12. The molecule has 4 rings (SSSR count). The Morgan fingerprint density at radius 2 is 2.29 bits per heavy atom. The molecule has 0 radical (unpaired) electrons. The van der Waals surface area contributed by atoms with E-state index in [4.69, 9.17) is 4.74 Å². The van der Waals surface area contributed by atoms with Gasteiger partial charge in [-0.05, 0) is 30.2 Å². The van der Waals surface area contributed by atoms with Gasteiger partial charge in [0.1, 0.15) is 10.7 Å². The fourth-order valence-electron chi connectivity index (χ4n) is 3.37. The van der Waals surface area contributed by atoms with E-state index in [0.717, 1.165) is 25.6 Å². The van der Waals surface area contributed by atoms with Crippen LogP contribution in [0.5, 0.6) is 0 Å². The molecule has 2 saturated heterocycles. The summed E-state index contributed by atoms with van der Waals surface area (Å²) in [6.07, 6.45) is 2.75. The summed E-state index contributed by atoms with van der Waals surface area (Å²) in [4.78, 5) is 16.9. The Morgan fingerprint density at radius 1 is 1.43 bits per heavy atom. The quantitative estimate of drug-likeness (QED) is 0.854. The van der Waals surface area contributed by atoms with E-state index in [9.17, 15) is 9.18 Å². The van der Waals surface area contributed by atoms with E-state index in [0.29, 0.717) is 13.1 Å². The first-order chi connectivity index (χ1) is 10.2. The number of hydrogen-bond donors (Lipinski definition) is 0. The average molecular weight is 310 g/mol. The first kappa shape index (κ1) is 13.7. The van der Waals surface area contributed by atoms with Gasteiger partial charge >= 0.3 is 0 Å². The van der Waals surface area contributed by atoms with Crippen molar-refractivity contribution in [1.29, 1.82) is 0 Å². The Morgan fingerprint density at radius 3 is 3.00 bits per heavy atom. The Labute approximate surface area is 127 Å². The summed E-state index contributed by atoms with van der Waals surface area (Å²) in [5.41, 5.74) is 0. The van der Waals surface area contributed by atoms with E-state index < -0.39 is 5.82 Å². The molecule has 114 valence electrons. The number of carbonyl (C=O) groups is 1. The fraction of sp³-hybridized carbons (Fsp3) is 0.667. The molecule has 2 aliphatic heterocycles. The van der Waals surface area contributed by atoms with Crippen molar-refractivity contribution >= 4 is 17.2 Å². The molecule has 21 heavy (non-hydrogen) atoms. The van der Waals surface area contributed by atoms with Gasteiger partial charge in [-0.2, -0.15) is 0 Å². The SMILES string of the molecule is O=C(c1sccc1F)N1C[C@@H]2OCCN(CC3CC3)[C@H]2C1. The summed E-state index contributed by atoms with van der Waals surface area (Å²) < 4.78 is 19.4. The number of fused-ring (bicyclic) bond motifs is 1. The molecular formula is C15H19FN2O2S. The number of amides is 1. The Balaban J connectivity index is 1.47. The molecule has 0 unspecified atom stereocenters. The van der Waals surface area contributed by atoms with Crippen LogP contribution in [-0.2, 0) is 4.74 Å². The van der Waals surface area contributed by atoms with Gasteiger partial charge in [-0.25, -0.2) is 4.39 Å². The molecule has 1 aromatic rings. The summed E-state index contributed by atoms with van der Waals surface area (Å²) in [6.45, 7) is 4.06. The summed E-state index contributed by atoms with van der Waals surface area (Å²) in [6, 6.07) is 1.64. The number of morpholine rings is 1. The molecule has 3 heterocycles. The smallest absolute Gasteiger partial charge is 0.267 e. The zero-order valence-electron chi connectivity index (χ0n) is 11.8. The summed E-state index contributed by atoms with van der Waals surface area (Å²) in [5.74, 6) is 0.241. The molecule has 0 bridgehead atoms. The maximum Gasteiger partial charge on any atom is 0.267 e. The zero-order chi connectivity index (χ0) is 14.4. The van der Waals surface area contributed by atoms with Crippen LogP contribution in [0.2, 0.25) is 0 Å². The van der Waals surface area contributed by atoms with Gasteiger partial charge in [-0.15, -0.1) is 11.3 Å². The van der Waals surface area contributed by atoms with Crippen molar-refractivity contribution in [1.82, 2.24) is 9.80 Å². The van der Waals surface area contributed by atoms with Crippen LogP contribution in [0.4, 0.5) is 4.39 Å². The molecule has 2 atom stereocenters. The first-order valence-electron chi connectivity index (χ1n) is 7.60. The highest BCUT2D eigenvalue weighted by Gasteiger charge is 2.43. The Hall–Kier alpha value is -0.980. The molecule has 1 aromatic heterocycles. The van der Waals surface area contributed by atoms with E-state index in [-0.39, 0.29) is 22.9 Å². The number of likely N-dealkylation sites (tertiary alicyclic amines) is 1. The van der Waals surface area contributed by atoms with Gasteiger partial charge < -0.3 is 9.64 Å². The average Bonchev–Trinajstić information content (AvgIpc) is 3.01. The van der Waals surface area contributed by atoms with Crippen molar-refractivity contribution in [2.75, 3.05) is 32.8 Å². The minimum atomic E-state index is -0.407. The van der Waals surface area contributed by atoms with E-state index in [1.54, 1.807) is 10.3 Å². The number of rotatable bonds is 3. The van der Waals surface area contributed by atoms with Crippen molar-refractivity contribution in [3.8, 4) is 0 Å². The lowest BCUT2D eigenvalue weighted by atomic mass is 10.1. The standard InChI is InChI=1S/C15H19FN2O2S/c16-11-3-6-21-14(11)15(19)18-8-12-13(9-18)20-5-4-17(12)7-10-1-2-10/h3,6,10,12-13H,1-2,4-5,7-9H2/t12-,13-/m0/s1. The second-order valence-corrected chi connectivity index (χ2v) is 7.14. The molecule has 1 amide bonds. The fourth-order valence-corrected chi connectivity index (χ4v) is 4.11. The summed E-state index contributed by atoms with van der Waals surface area (Å²) in [5, 5.41) is 1.63. The third-order valence-corrected chi connectivity index (χ3v) is 5.58. The Bertz CT molecular complexity index is 546. The summed E-state index contributed by atoms with van der Waals surface area (Å²) >= 11 is 1.18. The van der Waals surface area contributed by atoms with Crippen LogP contribution in [-0.4, -0.2) is 60.6 Å². The van der Waals surface area contributed by atoms with Gasteiger partial charge in [-0.3, -0.25) is 9.69 Å². The Kier molecular flexibility index (Phi) is 3.47. The lowest BCUT2D eigenvalue weighted by molar-refractivity contribution is -0.0484. The highest BCUT2D eigenvalue weighted by atomic mass is 32.1. The van der Waals surface area contributed by atoms with Crippen LogP contribution in [0.1, 0.15) is 22.5 Å². The third-order valence-electron chi connectivity index (χ3n) is 4.70. The minimum Gasteiger partial charge on any atom is -0.373 e. The lowest BCUT2D eigenvalue weighted by Crippen LogP contribution is -2.51. The largest absolute Gasteiger partial charge is 0.373 e. The van der Waals surface area contributed by atoms with E-state index in [2.05, 4.69) is 4.90 Å². The van der Waals surface area contributed by atoms with E-state index in [1.807, 2.05) is 0 Å². The van der Waals surface area contributed by atoms with Crippen molar-refractivity contribution in [3.05, 3.63) is 22.1 Å². The van der Waals surface area contributed by atoms with Crippen LogP contribution >= 0.6 is 11.3 Å². The van der Waals surface area contributed by atoms with Crippen molar-refractivity contribution < 1.29 is 13.9 Å². The number of carbonyl (C=O) groups excluding carboxylic acids is 1. The normalized spacial score (nSPS) is 29.7. The number of halogens is 1. The van der Waals surface area contributed by atoms with Crippen LogP contribution in [0.25, 0.3) is 0 Å². The highest BCUT2D eigenvalue weighted by Crippen LogP contribution is 2.33. The van der Waals surface area contributed by atoms with Crippen LogP contribution in [0, 0.1) is 11.7 Å². The molecule has 0 N–H and O–H groups in total. The van der Waals surface area contributed by atoms with Gasteiger partial charge in [0.25, 0.3) is 5.91 Å². The topological polar surface area (TPSA) is 32.8 Å². The number of hydrogen-bond acceptors (Lipinski definition) is 4. The van der Waals surface area contributed by atoms with Gasteiger partial charge in [0.2, 0.25) is 0 Å². The van der Waals surface area contributed by atoms with Crippen molar-refractivity contribution in [3.63, 3.8) is 0 Å². The number of nitrogens with zero attached hydrogens (tertiary/aromatic N) is 2. The van der Waals surface area contributed by atoms with E-state index in [1.165, 1.54) is 30.2 Å². The zero-order valence-corrected chi connectivity index (χ0v) is 12.7. The van der Waals surface area contributed by atoms with Gasteiger partial charge in [0, 0.05) is 26.2 Å². The molecule has 1 saturated carbocycles. The van der Waals surface area contributed by atoms with Gasteiger partial charge in [0.05, 0.1) is 18.8 Å². The lowest BCUT2D eigenvalue weighted by Gasteiger charge is -2.36. The minimum absolute atomic E-state index is 0.0875. The molecule has 1 aliphatic carbocycles. The third kappa shape index (κ3) is 2.60. The number of thiophene rings is 1. The van der Waals surface area contributed by atoms with Gasteiger partial charge in [-0.1, -0.05) is 0 Å². The molecule has 3 aliphatic rings. The molecule has 0 aromatic carbocycles. The predicted octanol–water partition coefficient (Wildman–Crippen LogP) is 1.82. The first-order valence-corrected chi connectivity index (χ1v) is 8.48. The van der Waals surface area contributed by atoms with Crippen molar-refractivity contribution in [2.45, 2.75) is 25.0 Å². The van der Waals surface area contributed by atoms with Crippen LogP contribution in [0.15, 0.2) is 11.4 Å². The predicted molar refractivity (Wildman–Crippen MR) is 78.0 cm³/mol.